The number of carbonyl (C=O) groups excluding carboxylic acids is 1. The predicted molar refractivity (Wildman–Crippen MR) is 84.9 cm³/mol. The number of ether oxygens (including phenoxy) is 1. The molecular weight excluding hydrogens is 278 g/mol. The van der Waals surface area contributed by atoms with Crippen molar-refractivity contribution in [3.05, 3.63) is 65.6 Å². The molecule has 2 heterocycles. The third-order valence-corrected chi connectivity index (χ3v) is 3.55. The van der Waals surface area contributed by atoms with Gasteiger partial charge in [0.25, 0.3) is 0 Å². The maximum atomic E-state index is 11.9. The van der Waals surface area contributed by atoms with Crippen LogP contribution >= 0.6 is 0 Å². The average Bonchev–Trinajstić information content (AvgIpc) is 2.81. The van der Waals surface area contributed by atoms with E-state index in [-0.39, 0.29) is 6.61 Å². The Morgan fingerprint density at radius 2 is 1.95 bits per heavy atom. The highest BCUT2D eigenvalue weighted by molar-refractivity contribution is 5.84. The van der Waals surface area contributed by atoms with Crippen LogP contribution in [0.5, 0.6) is 0 Å². The van der Waals surface area contributed by atoms with Crippen molar-refractivity contribution in [2.75, 3.05) is 5.32 Å². The van der Waals surface area contributed by atoms with Gasteiger partial charge in [-0.2, -0.15) is 0 Å². The van der Waals surface area contributed by atoms with Crippen molar-refractivity contribution < 1.29 is 9.53 Å². The van der Waals surface area contributed by atoms with E-state index in [0.29, 0.717) is 5.69 Å². The second-order valence-corrected chi connectivity index (χ2v) is 5.12. The molecule has 1 amide bonds. The van der Waals surface area contributed by atoms with Crippen molar-refractivity contribution in [1.82, 2.24) is 9.38 Å². The monoisotopic (exact) mass is 295 g/mol. The lowest BCUT2D eigenvalue weighted by Gasteiger charge is -2.08. The number of anilines is 1. The zero-order valence-corrected chi connectivity index (χ0v) is 12.5. The van der Waals surface area contributed by atoms with Gasteiger partial charge >= 0.3 is 6.09 Å². The van der Waals surface area contributed by atoms with Crippen molar-refractivity contribution in [3.8, 4) is 0 Å². The fourth-order valence-corrected chi connectivity index (χ4v) is 2.23. The van der Waals surface area contributed by atoms with Crippen LogP contribution in [0.3, 0.4) is 0 Å². The van der Waals surface area contributed by atoms with Crippen LogP contribution in [0.15, 0.2) is 48.7 Å². The first-order chi connectivity index (χ1) is 10.6. The molecule has 0 saturated heterocycles. The number of carbonyl (C=O) groups is 1. The van der Waals surface area contributed by atoms with Crippen molar-refractivity contribution in [2.24, 2.45) is 0 Å². The lowest BCUT2D eigenvalue weighted by molar-refractivity contribution is 0.155. The van der Waals surface area contributed by atoms with Crippen molar-refractivity contribution in [3.63, 3.8) is 0 Å². The van der Waals surface area contributed by atoms with Gasteiger partial charge in [0, 0.05) is 11.9 Å². The van der Waals surface area contributed by atoms with E-state index in [1.807, 2.05) is 66.9 Å². The van der Waals surface area contributed by atoms with Gasteiger partial charge in [-0.15, -0.1) is 0 Å². The Balaban J connectivity index is 1.67. The molecule has 0 atom stereocenters. The molecule has 0 aliphatic heterocycles. The molecule has 0 aliphatic rings. The molecule has 112 valence electrons. The largest absolute Gasteiger partial charge is 0.444 e. The van der Waals surface area contributed by atoms with E-state index in [9.17, 15) is 4.79 Å². The summed E-state index contributed by atoms with van der Waals surface area (Å²) >= 11 is 0. The molecule has 0 unspecified atom stereocenters. The third kappa shape index (κ3) is 2.93. The summed E-state index contributed by atoms with van der Waals surface area (Å²) in [4.78, 5) is 16.3. The van der Waals surface area contributed by atoms with Crippen molar-refractivity contribution in [2.45, 2.75) is 20.5 Å². The maximum absolute atomic E-state index is 11.9. The van der Waals surface area contributed by atoms with Gasteiger partial charge in [0.2, 0.25) is 0 Å². The van der Waals surface area contributed by atoms with E-state index in [4.69, 9.17) is 4.74 Å². The van der Waals surface area contributed by atoms with E-state index in [1.54, 1.807) is 0 Å². The van der Waals surface area contributed by atoms with E-state index < -0.39 is 6.09 Å². The summed E-state index contributed by atoms with van der Waals surface area (Å²) in [5.74, 6) is 0. The standard InChI is InChI=1S/C17H17N3O2/c1-12-13(2)20-10-15(8-9-16(20)18-12)19-17(21)22-11-14-6-4-3-5-7-14/h3-10H,11H2,1-2H3,(H,19,21). The lowest BCUT2D eigenvalue weighted by Crippen LogP contribution is -2.13. The smallest absolute Gasteiger partial charge is 0.412 e. The number of hydrogen-bond acceptors (Lipinski definition) is 3. The fraction of sp³-hybridized carbons (Fsp3) is 0.176. The van der Waals surface area contributed by atoms with E-state index in [1.165, 1.54) is 0 Å². The van der Waals surface area contributed by atoms with E-state index >= 15 is 0 Å². The number of pyridine rings is 1. The molecule has 0 aliphatic carbocycles. The normalized spacial score (nSPS) is 10.6. The molecule has 3 rings (SSSR count). The molecule has 1 N–H and O–H groups in total. The van der Waals surface area contributed by atoms with Crippen molar-refractivity contribution in [1.29, 1.82) is 0 Å². The van der Waals surface area contributed by atoms with Gasteiger partial charge in [0.1, 0.15) is 12.3 Å². The maximum Gasteiger partial charge on any atom is 0.412 e. The zero-order chi connectivity index (χ0) is 15.5. The zero-order valence-electron chi connectivity index (χ0n) is 12.5. The van der Waals surface area contributed by atoms with Crippen LogP contribution in [0.1, 0.15) is 17.0 Å². The molecule has 3 aromatic rings. The summed E-state index contributed by atoms with van der Waals surface area (Å²) in [6.07, 6.45) is 1.37. The highest BCUT2D eigenvalue weighted by Gasteiger charge is 2.07. The second kappa shape index (κ2) is 5.89. The SMILES string of the molecule is Cc1nc2ccc(NC(=O)OCc3ccccc3)cn2c1C. The minimum absolute atomic E-state index is 0.248. The van der Waals surface area contributed by atoms with Crippen molar-refractivity contribution >= 4 is 17.4 Å². The number of hydrogen-bond donors (Lipinski definition) is 1. The Hall–Kier alpha value is -2.82. The van der Waals surface area contributed by atoms with E-state index in [2.05, 4.69) is 10.3 Å². The Bertz CT molecular complexity index is 809. The first-order valence-corrected chi connectivity index (χ1v) is 7.06. The average molecular weight is 295 g/mol. The highest BCUT2D eigenvalue weighted by Crippen LogP contribution is 2.15. The van der Waals surface area contributed by atoms with Crippen LogP contribution in [0.25, 0.3) is 5.65 Å². The van der Waals surface area contributed by atoms with Crippen LogP contribution < -0.4 is 5.32 Å². The Morgan fingerprint density at radius 3 is 2.73 bits per heavy atom. The fourth-order valence-electron chi connectivity index (χ4n) is 2.23. The van der Waals surface area contributed by atoms with Gasteiger partial charge in [-0.25, -0.2) is 9.78 Å². The molecule has 5 nitrogen and oxygen atoms in total. The van der Waals surface area contributed by atoms with Crippen LogP contribution in [-0.2, 0) is 11.3 Å². The number of nitrogens with one attached hydrogen (secondary N) is 1. The molecule has 0 fully saturated rings. The molecule has 0 spiro atoms. The topological polar surface area (TPSA) is 55.6 Å². The molecular formula is C17H17N3O2. The van der Waals surface area contributed by atoms with E-state index in [0.717, 1.165) is 22.6 Å². The number of amides is 1. The number of imidazole rings is 1. The van der Waals surface area contributed by atoms with Gasteiger partial charge < -0.3 is 9.14 Å². The number of aromatic nitrogens is 2. The molecule has 0 radical (unpaired) electrons. The number of benzene rings is 1. The van der Waals surface area contributed by atoms with Crippen LogP contribution in [0.4, 0.5) is 10.5 Å². The van der Waals surface area contributed by atoms with Crippen LogP contribution in [-0.4, -0.2) is 15.5 Å². The first kappa shape index (κ1) is 14.1. The summed E-state index contributed by atoms with van der Waals surface area (Å²) in [7, 11) is 0. The Morgan fingerprint density at radius 1 is 1.18 bits per heavy atom. The summed E-state index contributed by atoms with van der Waals surface area (Å²) < 4.78 is 7.15. The van der Waals surface area contributed by atoms with Gasteiger partial charge in [-0.3, -0.25) is 5.32 Å². The molecule has 0 saturated carbocycles. The molecule has 0 bridgehead atoms. The number of fused-ring (bicyclic) bond motifs is 1. The second-order valence-electron chi connectivity index (χ2n) is 5.12. The minimum Gasteiger partial charge on any atom is -0.444 e. The summed E-state index contributed by atoms with van der Waals surface area (Å²) in [6.45, 7) is 4.20. The summed E-state index contributed by atoms with van der Waals surface area (Å²) in [5, 5.41) is 2.73. The number of aryl methyl sites for hydroxylation is 2. The lowest BCUT2D eigenvalue weighted by atomic mass is 10.2. The Labute approximate surface area is 128 Å². The molecule has 2 aromatic heterocycles. The molecule has 22 heavy (non-hydrogen) atoms. The Kier molecular flexibility index (Phi) is 3.78. The van der Waals surface area contributed by atoms with Gasteiger partial charge in [-0.1, -0.05) is 30.3 Å². The van der Waals surface area contributed by atoms with Crippen LogP contribution in [0, 0.1) is 13.8 Å². The van der Waals surface area contributed by atoms with Gasteiger partial charge in [0.15, 0.2) is 0 Å². The predicted octanol–water partition coefficient (Wildman–Crippen LogP) is 3.70. The van der Waals surface area contributed by atoms with Crippen LogP contribution in [0.2, 0.25) is 0 Å². The molecule has 1 aromatic carbocycles. The number of nitrogens with zero attached hydrogens (tertiary/aromatic N) is 2. The first-order valence-electron chi connectivity index (χ1n) is 7.06. The van der Waals surface area contributed by atoms with Gasteiger partial charge in [-0.05, 0) is 31.5 Å². The highest BCUT2D eigenvalue weighted by atomic mass is 16.5. The summed E-state index contributed by atoms with van der Waals surface area (Å²) in [5.41, 5.74) is 4.51. The van der Waals surface area contributed by atoms with Gasteiger partial charge in [0.05, 0.1) is 11.4 Å². The molecule has 5 heteroatoms. The minimum atomic E-state index is -0.474. The third-order valence-electron chi connectivity index (χ3n) is 3.55. The quantitative estimate of drug-likeness (QED) is 0.801. The summed E-state index contributed by atoms with van der Waals surface area (Å²) in [6, 6.07) is 13.3. The number of rotatable bonds is 3.